The number of aromatic nitrogens is 1. The number of guanidine groups is 1. The Labute approximate surface area is 161 Å². The minimum Gasteiger partial charge on any atom is -0.353 e. The molecule has 0 bridgehead atoms. The van der Waals surface area contributed by atoms with E-state index in [0.717, 1.165) is 25.5 Å². The van der Waals surface area contributed by atoms with Crippen molar-refractivity contribution >= 4 is 11.9 Å². The Kier molecular flexibility index (Phi) is 6.16. The van der Waals surface area contributed by atoms with E-state index in [1.165, 1.54) is 16.8 Å². The van der Waals surface area contributed by atoms with Crippen LogP contribution in [0.25, 0.3) is 0 Å². The second-order valence-corrected chi connectivity index (χ2v) is 7.05. The van der Waals surface area contributed by atoms with Gasteiger partial charge in [0, 0.05) is 59.1 Å². The summed E-state index contributed by atoms with van der Waals surface area (Å²) in [5, 5.41) is 3.46. The Hall–Kier alpha value is -2.76. The summed E-state index contributed by atoms with van der Waals surface area (Å²) < 4.78 is 2.12. The number of carbonyl (C=O) groups is 1. The topological polar surface area (TPSA) is 52.9 Å². The zero-order valence-corrected chi connectivity index (χ0v) is 16.5. The number of nitrogens with zero attached hydrogens (tertiary/aromatic N) is 4. The van der Waals surface area contributed by atoms with Crippen LogP contribution in [0, 0.1) is 0 Å². The Morgan fingerprint density at radius 3 is 2.63 bits per heavy atom. The summed E-state index contributed by atoms with van der Waals surface area (Å²) in [6.45, 7) is 3.02. The molecule has 144 valence electrons. The van der Waals surface area contributed by atoms with Crippen molar-refractivity contribution in [3.05, 3.63) is 59.4 Å². The number of aliphatic imine (C=N–C) groups is 1. The van der Waals surface area contributed by atoms with Crippen molar-refractivity contribution < 1.29 is 4.79 Å². The van der Waals surface area contributed by atoms with Crippen molar-refractivity contribution in [3.8, 4) is 0 Å². The molecule has 1 saturated heterocycles. The summed E-state index contributed by atoms with van der Waals surface area (Å²) in [4.78, 5) is 20.4. The lowest BCUT2D eigenvalue weighted by molar-refractivity contribution is -0.128. The van der Waals surface area contributed by atoms with Crippen LogP contribution in [0.4, 0.5) is 0 Å². The summed E-state index contributed by atoms with van der Waals surface area (Å²) in [6.07, 6.45) is 3.70. The number of aryl methyl sites for hydroxylation is 1. The van der Waals surface area contributed by atoms with Crippen LogP contribution in [-0.4, -0.2) is 46.9 Å². The van der Waals surface area contributed by atoms with Crippen LogP contribution in [-0.2, 0) is 31.5 Å². The van der Waals surface area contributed by atoms with Gasteiger partial charge in [0.05, 0.1) is 6.54 Å². The maximum Gasteiger partial charge on any atom is 0.222 e. The standard InChI is InChI=1S/C21H29N5O/c1-22-21(25(3)16-19-10-6-12-24(19)2)23-14-17-8-4-5-9-18(17)15-26-13-7-11-20(26)27/h4-6,8-10,12H,7,11,13-16H2,1-3H3,(H,22,23). The van der Waals surface area contributed by atoms with Gasteiger partial charge in [0.25, 0.3) is 0 Å². The van der Waals surface area contributed by atoms with Gasteiger partial charge in [0.2, 0.25) is 5.91 Å². The summed E-state index contributed by atoms with van der Waals surface area (Å²) >= 11 is 0. The van der Waals surface area contributed by atoms with Gasteiger partial charge in [-0.3, -0.25) is 9.79 Å². The van der Waals surface area contributed by atoms with Gasteiger partial charge in [0.15, 0.2) is 5.96 Å². The average molecular weight is 367 g/mol. The summed E-state index contributed by atoms with van der Waals surface area (Å²) in [6, 6.07) is 12.5. The number of hydrogen-bond donors (Lipinski definition) is 1. The third kappa shape index (κ3) is 4.70. The fourth-order valence-corrected chi connectivity index (χ4v) is 3.50. The SMILES string of the molecule is CN=C(NCc1ccccc1CN1CCCC1=O)N(C)Cc1cccn1C. The first-order chi connectivity index (χ1) is 13.1. The molecule has 1 N–H and O–H groups in total. The second kappa shape index (κ2) is 8.75. The molecule has 2 heterocycles. The van der Waals surface area contributed by atoms with Crippen molar-refractivity contribution in [2.75, 3.05) is 20.6 Å². The Morgan fingerprint density at radius 2 is 2.00 bits per heavy atom. The summed E-state index contributed by atoms with van der Waals surface area (Å²) in [7, 11) is 5.89. The fraction of sp³-hybridized carbons (Fsp3) is 0.429. The van der Waals surface area contributed by atoms with Gasteiger partial charge >= 0.3 is 0 Å². The molecule has 0 spiro atoms. The first-order valence-corrected chi connectivity index (χ1v) is 9.45. The van der Waals surface area contributed by atoms with Gasteiger partial charge in [-0.15, -0.1) is 0 Å². The number of hydrogen-bond acceptors (Lipinski definition) is 2. The number of rotatable bonds is 6. The van der Waals surface area contributed by atoms with Gasteiger partial charge < -0.3 is 19.7 Å². The van der Waals surface area contributed by atoms with Gasteiger partial charge in [-0.2, -0.15) is 0 Å². The average Bonchev–Trinajstić information content (AvgIpc) is 3.25. The van der Waals surface area contributed by atoms with Crippen LogP contribution in [0.3, 0.4) is 0 Å². The third-order valence-electron chi connectivity index (χ3n) is 5.11. The molecule has 2 aromatic rings. The molecule has 0 aliphatic carbocycles. The number of nitrogens with one attached hydrogen (secondary N) is 1. The van der Waals surface area contributed by atoms with E-state index in [9.17, 15) is 4.79 Å². The largest absolute Gasteiger partial charge is 0.353 e. The fourth-order valence-electron chi connectivity index (χ4n) is 3.50. The van der Waals surface area contributed by atoms with Crippen LogP contribution >= 0.6 is 0 Å². The molecule has 27 heavy (non-hydrogen) atoms. The molecule has 1 aromatic heterocycles. The first kappa shape index (κ1) is 19.0. The molecule has 1 aliphatic heterocycles. The van der Waals surface area contributed by atoms with Crippen LogP contribution in [0.1, 0.15) is 29.7 Å². The van der Waals surface area contributed by atoms with E-state index < -0.39 is 0 Å². The first-order valence-electron chi connectivity index (χ1n) is 9.45. The third-order valence-corrected chi connectivity index (χ3v) is 5.11. The van der Waals surface area contributed by atoms with E-state index in [1.54, 1.807) is 7.05 Å². The zero-order chi connectivity index (χ0) is 19.2. The second-order valence-electron chi connectivity index (χ2n) is 7.05. The van der Waals surface area contributed by atoms with Crippen LogP contribution in [0.2, 0.25) is 0 Å². The summed E-state index contributed by atoms with van der Waals surface area (Å²) in [5.41, 5.74) is 3.62. The highest BCUT2D eigenvalue weighted by Crippen LogP contribution is 2.17. The van der Waals surface area contributed by atoms with Gasteiger partial charge in [-0.25, -0.2) is 0 Å². The Morgan fingerprint density at radius 1 is 1.22 bits per heavy atom. The molecule has 1 amide bonds. The van der Waals surface area contributed by atoms with Gasteiger partial charge in [-0.1, -0.05) is 24.3 Å². The quantitative estimate of drug-likeness (QED) is 0.630. The number of carbonyl (C=O) groups excluding carboxylic acids is 1. The van der Waals surface area contributed by atoms with E-state index in [0.29, 0.717) is 19.5 Å². The normalized spacial score (nSPS) is 14.7. The summed E-state index contributed by atoms with van der Waals surface area (Å²) in [5.74, 6) is 1.11. The number of amides is 1. The molecule has 3 rings (SSSR count). The number of likely N-dealkylation sites (tertiary alicyclic amines) is 1. The lowest BCUT2D eigenvalue weighted by Crippen LogP contribution is -2.38. The van der Waals surface area contributed by atoms with Crippen molar-refractivity contribution in [1.29, 1.82) is 0 Å². The van der Waals surface area contributed by atoms with E-state index in [-0.39, 0.29) is 5.91 Å². The zero-order valence-electron chi connectivity index (χ0n) is 16.5. The highest BCUT2D eigenvalue weighted by atomic mass is 16.2. The van der Waals surface area contributed by atoms with Crippen LogP contribution in [0.15, 0.2) is 47.6 Å². The molecule has 0 atom stereocenters. The molecule has 6 heteroatoms. The van der Waals surface area contributed by atoms with Gasteiger partial charge in [0.1, 0.15) is 0 Å². The minimum atomic E-state index is 0.260. The smallest absolute Gasteiger partial charge is 0.222 e. The van der Waals surface area contributed by atoms with Gasteiger partial charge in [-0.05, 0) is 29.7 Å². The van der Waals surface area contributed by atoms with Crippen molar-refractivity contribution in [3.63, 3.8) is 0 Å². The predicted octanol–water partition coefficient (Wildman–Crippen LogP) is 2.35. The molecule has 0 unspecified atom stereocenters. The molecular formula is C21H29N5O. The number of benzene rings is 1. The molecule has 0 radical (unpaired) electrons. The minimum absolute atomic E-state index is 0.260. The maximum absolute atomic E-state index is 12.0. The molecule has 1 aliphatic rings. The van der Waals surface area contributed by atoms with E-state index >= 15 is 0 Å². The Balaban J connectivity index is 1.63. The highest BCUT2D eigenvalue weighted by molar-refractivity contribution is 5.79. The molecule has 0 saturated carbocycles. The monoisotopic (exact) mass is 367 g/mol. The van der Waals surface area contributed by atoms with Crippen molar-refractivity contribution in [2.45, 2.75) is 32.5 Å². The van der Waals surface area contributed by atoms with Crippen LogP contribution < -0.4 is 5.32 Å². The highest BCUT2D eigenvalue weighted by Gasteiger charge is 2.21. The molecule has 6 nitrogen and oxygen atoms in total. The van der Waals surface area contributed by atoms with E-state index in [1.807, 2.05) is 24.1 Å². The molecular weight excluding hydrogens is 338 g/mol. The van der Waals surface area contributed by atoms with E-state index in [4.69, 9.17) is 0 Å². The molecule has 1 fully saturated rings. The van der Waals surface area contributed by atoms with Crippen molar-refractivity contribution in [1.82, 2.24) is 19.7 Å². The molecule has 1 aromatic carbocycles. The van der Waals surface area contributed by atoms with Crippen LogP contribution in [0.5, 0.6) is 0 Å². The predicted molar refractivity (Wildman–Crippen MR) is 108 cm³/mol. The van der Waals surface area contributed by atoms with Crippen molar-refractivity contribution in [2.24, 2.45) is 12.0 Å². The lowest BCUT2D eigenvalue weighted by Gasteiger charge is -2.23. The maximum atomic E-state index is 12.0. The van der Waals surface area contributed by atoms with E-state index in [2.05, 4.69) is 57.3 Å². The Bertz CT molecular complexity index is 810. The lowest BCUT2D eigenvalue weighted by atomic mass is 10.1.